The number of nitrogens with zero attached hydrogens (tertiary/aromatic N) is 1. The number of carbonyl (C=O) groups excluding carboxylic acids is 2. The summed E-state index contributed by atoms with van der Waals surface area (Å²) in [7, 11) is 0. The molecule has 0 radical (unpaired) electrons. The van der Waals surface area contributed by atoms with Crippen LogP contribution in [-0.2, 0) is 19.1 Å². The molecule has 0 rings (SSSR count). The second-order valence-electron chi connectivity index (χ2n) is 4.53. The summed E-state index contributed by atoms with van der Waals surface area (Å²) in [6.45, 7) is 7.02. The maximum absolute atomic E-state index is 11.7. The highest BCUT2D eigenvalue weighted by molar-refractivity contribution is 5.95. The van der Waals surface area contributed by atoms with Crippen molar-refractivity contribution < 1.29 is 19.1 Å². The Labute approximate surface area is 102 Å². The maximum Gasteiger partial charge on any atom is 0.320 e. The van der Waals surface area contributed by atoms with E-state index in [1.165, 1.54) is 0 Å². The lowest BCUT2D eigenvalue weighted by Gasteiger charge is -2.22. The summed E-state index contributed by atoms with van der Waals surface area (Å²) in [5.41, 5.74) is -0.658. The zero-order chi connectivity index (χ0) is 13.5. The molecule has 0 bridgehead atoms. The van der Waals surface area contributed by atoms with Gasteiger partial charge in [0.2, 0.25) is 0 Å². The molecular weight excluding hydrogens is 222 g/mol. The van der Waals surface area contributed by atoms with E-state index in [4.69, 9.17) is 14.7 Å². The van der Waals surface area contributed by atoms with Crippen LogP contribution in [0.25, 0.3) is 0 Å². The predicted octanol–water partition coefficient (Wildman–Crippen LogP) is 1.81. The first kappa shape index (κ1) is 15.4. The topological polar surface area (TPSA) is 76.4 Å². The summed E-state index contributed by atoms with van der Waals surface area (Å²) in [6.07, 6.45) is 0.243. The fourth-order valence-electron chi connectivity index (χ4n) is 1.16. The van der Waals surface area contributed by atoms with E-state index in [1.54, 1.807) is 27.7 Å². The zero-order valence-corrected chi connectivity index (χ0v) is 10.8. The zero-order valence-electron chi connectivity index (χ0n) is 10.8. The molecule has 17 heavy (non-hydrogen) atoms. The third-order valence-corrected chi connectivity index (χ3v) is 1.81. The average Bonchev–Trinajstić information content (AvgIpc) is 2.15. The molecule has 5 heteroatoms. The first-order valence-corrected chi connectivity index (χ1v) is 5.58. The van der Waals surface area contributed by atoms with Gasteiger partial charge in [0.15, 0.2) is 5.92 Å². The number of carbonyl (C=O) groups is 2. The molecular formula is C12H19NO4. The van der Waals surface area contributed by atoms with Crippen LogP contribution in [0.3, 0.4) is 0 Å². The van der Waals surface area contributed by atoms with Crippen LogP contribution >= 0.6 is 0 Å². The van der Waals surface area contributed by atoms with E-state index in [9.17, 15) is 9.59 Å². The van der Waals surface area contributed by atoms with Crippen LogP contribution in [0.15, 0.2) is 0 Å². The minimum Gasteiger partial charge on any atom is -0.465 e. The Hall–Kier alpha value is -1.57. The molecule has 0 heterocycles. The number of rotatable bonds is 5. The first-order valence-electron chi connectivity index (χ1n) is 5.58. The normalized spacial score (nSPS) is 12.4. The van der Waals surface area contributed by atoms with E-state index in [0.717, 1.165) is 0 Å². The summed E-state index contributed by atoms with van der Waals surface area (Å²) in [5, 5.41) is 8.49. The predicted molar refractivity (Wildman–Crippen MR) is 60.8 cm³/mol. The molecule has 0 aromatic heterocycles. The molecule has 0 amide bonds. The molecule has 0 aromatic carbocycles. The lowest BCUT2D eigenvalue weighted by Crippen LogP contribution is -2.33. The molecule has 5 nitrogen and oxygen atoms in total. The van der Waals surface area contributed by atoms with Gasteiger partial charge in [0.1, 0.15) is 5.60 Å². The van der Waals surface area contributed by atoms with Gasteiger partial charge in [-0.2, -0.15) is 5.26 Å². The quantitative estimate of drug-likeness (QED) is 0.542. The molecule has 0 aliphatic heterocycles. The molecule has 0 spiro atoms. The molecule has 96 valence electrons. The van der Waals surface area contributed by atoms with Crippen molar-refractivity contribution in [3.63, 3.8) is 0 Å². The molecule has 0 aliphatic carbocycles. The van der Waals surface area contributed by atoms with Crippen molar-refractivity contribution in [2.24, 2.45) is 5.92 Å². The van der Waals surface area contributed by atoms with Crippen LogP contribution in [0.5, 0.6) is 0 Å². The SMILES string of the molecule is CCOC(=O)C(CCC#N)C(=O)OC(C)(C)C. The fraction of sp³-hybridized carbons (Fsp3) is 0.750. The maximum atomic E-state index is 11.7. The number of nitriles is 1. The van der Waals surface area contributed by atoms with Gasteiger partial charge in [-0.25, -0.2) is 0 Å². The molecule has 0 aromatic rings. The van der Waals surface area contributed by atoms with Gasteiger partial charge in [0.25, 0.3) is 0 Å². The lowest BCUT2D eigenvalue weighted by molar-refractivity contribution is -0.169. The standard InChI is InChI=1S/C12H19NO4/c1-5-16-10(14)9(7-6-8-13)11(15)17-12(2,3)4/h9H,5-7H2,1-4H3. The Balaban J connectivity index is 4.62. The number of hydrogen-bond acceptors (Lipinski definition) is 5. The molecule has 1 unspecified atom stereocenters. The van der Waals surface area contributed by atoms with Crippen molar-refractivity contribution in [3.05, 3.63) is 0 Å². The Morgan fingerprint density at radius 3 is 2.29 bits per heavy atom. The fourth-order valence-corrected chi connectivity index (χ4v) is 1.16. The summed E-state index contributed by atoms with van der Waals surface area (Å²) < 4.78 is 9.90. The number of ether oxygens (including phenoxy) is 2. The highest BCUT2D eigenvalue weighted by atomic mass is 16.6. The summed E-state index contributed by atoms with van der Waals surface area (Å²) in [4.78, 5) is 23.3. The third-order valence-electron chi connectivity index (χ3n) is 1.81. The Kier molecular flexibility index (Phi) is 6.26. The Morgan fingerprint density at radius 2 is 1.88 bits per heavy atom. The van der Waals surface area contributed by atoms with E-state index in [0.29, 0.717) is 0 Å². The monoisotopic (exact) mass is 241 g/mol. The number of esters is 2. The van der Waals surface area contributed by atoms with Gasteiger partial charge < -0.3 is 9.47 Å². The first-order chi connectivity index (χ1) is 7.81. The van der Waals surface area contributed by atoms with Crippen molar-refractivity contribution in [2.45, 2.75) is 46.1 Å². The van der Waals surface area contributed by atoms with E-state index in [1.807, 2.05) is 6.07 Å². The van der Waals surface area contributed by atoms with E-state index >= 15 is 0 Å². The van der Waals surface area contributed by atoms with Gasteiger partial charge in [0, 0.05) is 6.42 Å². The van der Waals surface area contributed by atoms with Crippen molar-refractivity contribution >= 4 is 11.9 Å². The van der Waals surface area contributed by atoms with Gasteiger partial charge in [-0.1, -0.05) is 0 Å². The molecule has 0 saturated heterocycles. The van der Waals surface area contributed by atoms with Crippen LogP contribution in [0.2, 0.25) is 0 Å². The van der Waals surface area contributed by atoms with Crippen LogP contribution < -0.4 is 0 Å². The van der Waals surface area contributed by atoms with Gasteiger partial charge in [-0.05, 0) is 34.1 Å². The Bertz CT molecular complexity index is 311. The van der Waals surface area contributed by atoms with Gasteiger partial charge in [-0.3, -0.25) is 9.59 Å². The van der Waals surface area contributed by atoms with E-state index < -0.39 is 23.5 Å². The highest BCUT2D eigenvalue weighted by Crippen LogP contribution is 2.16. The molecule has 1 atom stereocenters. The van der Waals surface area contributed by atoms with Crippen molar-refractivity contribution in [3.8, 4) is 6.07 Å². The highest BCUT2D eigenvalue weighted by Gasteiger charge is 2.31. The van der Waals surface area contributed by atoms with Crippen molar-refractivity contribution in [1.29, 1.82) is 5.26 Å². The largest absolute Gasteiger partial charge is 0.465 e. The van der Waals surface area contributed by atoms with Crippen LogP contribution in [0.1, 0.15) is 40.5 Å². The van der Waals surface area contributed by atoms with E-state index in [-0.39, 0.29) is 19.4 Å². The summed E-state index contributed by atoms with van der Waals surface area (Å²) >= 11 is 0. The second kappa shape index (κ2) is 6.89. The smallest absolute Gasteiger partial charge is 0.320 e. The minimum atomic E-state index is -1.01. The van der Waals surface area contributed by atoms with Gasteiger partial charge in [-0.15, -0.1) is 0 Å². The van der Waals surface area contributed by atoms with Crippen LogP contribution in [0, 0.1) is 17.2 Å². The Morgan fingerprint density at radius 1 is 1.29 bits per heavy atom. The van der Waals surface area contributed by atoms with Crippen molar-refractivity contribution in [2.75, 3.05) is 6.61 Å². The molecule has 0 saturated carbocycles. The molecule has 0 N–H and O–H groups in total. The van der Waals surface area contributed by atoms with Crippen LogP contribution in [0.4, 0.5) is 0 Å². The molecule has 0 fully saturated rings. The minimum absolute atomic E-state index is 0.114. The van der Waals surface area contributed by atoms with Crippen LogP contribution in [-0.4, -0.2) is 24.1 Å². The third kappa shape index (κ3) is 6.56. The number of hydrogen-bond donors (Lipinski definition) is 0. The van der Waals surface area contributed by atoms with Gasteiger partial charge >= 0.3 is 11.9 Å². The molecule has 0 aliphatic rings. The summed E-state index contributed by atoms with van der Waals surface area (Å²) in [5.74, 6) is -2.27. The second-order valence-corrected chi connectivity index (χ2v) is 4.53. The van der Waals surface area contributed by atoms with Gasteiger partial charge in [0.05, 0.1) is 12.7 Å². The lowest BCUT2D eigenvalue weighted by atomic mass is 10.0. The summed E-state index contributed by atoms with van der Waals surface area (Å²) in [6, 6.07) is 1.90. The average molecular weight is 241 g/mol. The van der Waals surface area contributed by atoms with E-state index in [2.05, 4.69) is 0 Å². The van der Waals surface area contributed by atoms with Crippen molar-refractivity contribution in [1.82, 2.24) is 0 Å².